The van der Waals surface area contributed by atoms with Gasteiger partial charge in [-0.25, -0.2) is 4.79 Å². The van der Waals surface area contributed by atoms with Crippen molar-refractivity contribution < 1.29 is 24.3 Å². The molecule has 0 aromatic heterocycles. The van der Waals surface area contributed by atoms with E-state index in [4.69, 9.17) is 22.6 Å². The van der Waals surface area contributed by atoms with E-state index in [-0.39, 0.29) is 24.7 Å². The Kier molecular flexibility index (Phi) is 13.3. The predicted molar refractivity (Wildman–Crippen MR) is 130 cm³/mol. The summed E-state index contributed by atoms with van der Waals surface area (Å²) in [6, 6.07) is -3.80. The van der Waals surface area contributed by atoms with E-state index in [1.807, 2.05) is 0 Å². The maximum Gasteiger partial charge on any atom is 0.326 e. The SMILES string of the molecule is N=C(N)NCCC[C@H](NC(=O)[C@H](CS)NC(=O)[C@@H](N)CCCCN)C(=O)N1CCC[C@H]1C(=O)O. The summed E-state index contributed by atoms with van der Waals surface area (Å²) in [6.45, 7) is 1.06. The number of nitrogens with two attached hydrogens (primary N) is 3. The van der Waals surface area contributed by atoms with Crippen LogP contribution in [-0.2, 0) is 19.2 Å². The third-order valence-corrected chi connectivity index (χ3v) is 5.91. The zero-order valence-electron chi connectivity index (χ0n) is 19.3. The van der Waals surface area contributed by atoms with Crippen LogP contribution in [0.5, 0.6) is 0 Å². The number of thiol groups is 1. The Labute approximate surface area is 204 Å². The Morgan fingerprint density at radius 2 is 1.76 bits per heavy atom. The van der Waals surface area contributed by atoms with Crippen LogP contribution in [-0.4, -0.2) is 89.2 Å². The van der Waals surface area contributed by atoms with Gasteiger partial charge in [0.2, 0.25) is 17.7 Å². The smallest absolute Gasteiger partial charge is 0.326 e. The molecule has 34 heavy (non-hydrogen) atoms. The number of rotatable bonds is 15. The quantitative estimate of drug-likeness (QED) is 0.0505. The second kappa shape index (κ2) is 15.3. The molecule has 1 saturated heterocycles. The van der Waals surface area contributed by atoms with Crippen LogP contribution in [0.15, 0.2) is 0 Å². The fraction of sp³-hybridized carbons (Fsp3) is 0.750. The molecule has 0 radical (unpaired) electrons. The average molecular weight is 503 g/mol. The van der Waals surface area contributed by atoms with Gasteiger partial charge in [-0.05, 0) is 45.1 Å². The third-order valence-electron chi connectivity index (χ3n) is 5.54. The molecule has 4 atom stereocenters. The zero-order chi connectivity index (χ0) is 25.7. The Morgan fingerprint density at radius 1 is 1.09 bits per heavy atom. The van der Waals surface area contributed by atoms with Crippen molar-refractivity contribution in [2.75, 3.05) is 25.4 Å². The molecule has 11 N–H and O–H groups in total. The van der Waals surface area contributed by atoms with Crippen molar-refractivity contribution in [2.45, 2.75) is 69.1 Å². The minimum absolute atomic E-state index is 0.0264. The summed E-state index contributed by atoms with van der Waals surface area (Å²) in [5.41, 5.74) is 16.6. The molecular weight excluding hydrogens is 464 g/mol. The van der Waals surface area contributed by atoms with Crippen LogP contribution in [0, 0.1) is 5.41 Å². The first-order chi connectivity index (χ1) is 16.1. The highest BCUT2D eigenvalue weighted by Gasteiger charge is 2.38. The number of nitrogens with one attached hydrogen (secondary N) is 4. The molecule has 0 aliphatic carbocycles. The van der Waals surface area contributed by atoms with E-state index >= 15 is 0 Å². The van der Waals surface area contributed by atoms with Gasteiger partial charge in [0.15, 0.2) is 5.96 Å². The van der Waals surface area contributed by atoms with Gasteiger partial charge in [0, 0.05) is 18.8 Å². The Bertz CT molecular complexity index is 725. The number of hydrogen-bond acceptors (Lipinski definition) is 8. The molecule has 1 fully saturated rings. The number of aliphatic carboxylic acids is 1. The van der Waals surface area contributed by atoms with Gasteiger partial charge in [0.1, 0.15) is 18.1 Å². The number of hydrogen-bond donors (Lipinski definition) is 9. The third kappa shape index (κ3) is 9.73. The second-order valence-electron chi connectivity index (χ2n) is 8.21. The van der Waals surface area contributed by atoms with Crippen LogP contribution in [0.1, 0.15) is 44.9 Å². The van der Waals surface area contributed by atoms with Crippen molar-refractivity contribution in [2.24, 2.45) is 17.2 Å². The van der Waals surface area contributed by atoms with E-state index in [0.29, 0.717) is 45.2 Å². The van der Waals surface area contributed by atoms with Crippen LogP contribution in [0.25, 0.3) is 0 Å². The lowest BCUT2D eigenvalue weighted by Gasteiger charge is -2.28. The molecule has 1 aliphatic heterocycles. The summed E-state index contributed by atoms with van der Waals surface area (Å²) in [7, 11) is 0. The lowest BCUT2D eigenvalue weighted by Crippen LogP contribution is -2.57. The summed E-state index contributed by atoms with van der Waals surface area (Å²) in [5, 5.41) is 24.4. The van der Waals surface area contributed by atoms with Crippen LogP contribution in [0.2, 0.25) is 0 Å². The normalized spacial score (nSPS) is 18.0. The van der Waals surface area contributed by atoms with E-state index in [1.165, 1.54) is 4.90 Å². The van der Waals surface area contributed by atoms with Gasteiger partial charge in [0.25, 0.3) is 0 Å². The van der Waals surface area contributed by atoms with Crippen molar-refractivity contribution in [1.29, 1.82) is 5.41 Å². The molecule has 14 heteroatoms. The number of unbranched alkanes of at least 4 members (excludes halogenated alkanes) is 1. The predicted octanol–water partition coefficient (Wildman–Crippen LogP) is -2.32. The first kappa shape index (κ1) is 29.5. The minimum atomic E-state index is -1.10. The van der Waals surface area contributed by atoms with Crippen molar-refractivity contribution in [3.8, 4) is 0 Å². The van der Waals surface area contributed by atoms with E-state index < -0.39 is 47.9 Å². The van der Waals surface area contributed by atoms with Gasteiger partial charge in [-0.3, -0.25) is 19.8 Å². The first-order valence-corrected chi connectivity index (χ1v) is 12.0. The lowest BCUT2D eigenvalue weighted by molar-refractivity contribution is -0.149. The standard InChI is InChI=1S/C20H38N8O5S/c21-8-2-1-5-12(22)16(29)27-14(11-34)17(30)26-13(6-3-9-25-20(23)24)18(31)28-10-4-7-15(28)19(32)33/h12-15,34H,1-11,21-22H2,(H,26,30)(H,27,29)(H,32,33)(H4,23,24,25)/t12-,13-,14-,15-/m0/s1. The van der Waals surface area contributed by atoms with Gasteiger partial charge >= 0.3 is 5.97 Å². The molecule has 0 saturated carbocycles. The van der Waals surface area contributed by atoms with Crippen molar-refractivity contribution in [1.82, 2.24) is 20.9 Å². The highest BCUT2D eigenvalue weighted by molar-refractivity contribution is 7.80. The summed E-state index contributed by atoms with van der Waals surface area (Å²) >= 11 is 4.14. The van der Waals surface area contributed by atoms with Crippen LogP contribution in [0.4, 0.5) is 0 Å². The van der Waals surface area contributed by atoms with Crippen molar-refractivity contribution in [3.63, 3.8) is 0 Å². The molecule has 3 amide bonds. The molecule has 0 aromatic carbocycles. The topological polar surface area (TPSA) is 230 Å². The van der Waals surface area contributed by atoms with E-state index in [9.17, 15) is 24.3 Å². The fourth-order valence-corrected chi connectivity index (χ4v) is 3.92. The maximum absolute atomic E-state index is 13.1. The molecule has 0 aromatic rings. The van der Waals surface area contributed by atoms with Gasteiger partial charge in [-0.15, -0.1) is 0 Å². The number of amides is 3. The molecule has 194 valence electrons. The lowest BCUT2D eigenvalue weighted by atomic mass is 10.1. The molecular formula is C20H38N8O5S. The zero-order valence-corrected chi connectivity index (χ0v) is 20.2. The maximum atomic E-state index is 13.1. The number of nitrogens with zero attached hydrogens (tertiary/aromatic N) is 1. The molecule has 1 heterocycles. The number of carbonyl (C=O) groups is 4. The van der Waals surface area contributed by atoms with Gasteiger partial charge in [-0.2, -0.15) is 12.6 Å². The molecule has 1 rings (SSSR count). The molecule has 0 spiro atoms. The monoisotopic (exact) mass is 502 g/mol. The summed E-state index contributed by atoms with van der Waals surface area (Å²) in [5.74, 6) is -2.99. The fourth-order valence-electron chi connectivity index (χ4n) is 3.66. The van der Waals surface area contributed by atoms with Gasteiger partial charge < -0.3 is 43.2 Å². The molecule has 13 nitrogen and oxygen atoms in total. The van der Waals surface area contributed by atoms with Crippen molar-refractivity contribution in [3.05, 3.63) is 0 Å². The molecule has 1 aliphatic rings. The number of carbonyl (C=O) groups excluding carboxylic acids is 3. The summed E-state index contributed by atoms with van der Waals surface area (Å²) < 4.78 is 0. The number of likely N-dealkylation sites (tertiary alicyclic amines) is 1. The second-order valence-corrected chi connectivity index (χ2v) is 8.57. The van der Waals surface area contributed by atoms with Gasteiger partial charge in [-0.1, -0.05) is 6.42 Å². The minimum Gasteiger partial charge on any atom is -0.480 e. The average Bonchev–Trinajstić information content (AvgIpc) is 3.28. The summed E-state index contributed by atoms with van der Waals surface area (Å²) in [4.78, 5) is 51.2. The van der Waals surface area contributed by atoms with E-state index in [2.05, 4.69) is 28.6 Å². The largest absolute Gasteiger partial charge is 0.480 e. The van der Waals surface area contributed by atoms with E-state index in [1.54, 1.807) is 0 Å². The molecule has 0 bridgehead atoms. The Balaban J connectivity index is 2.84. The highest BCUT2D eigenvalue weighted by Crippen LogP contribution is 2.19. The first-order valence-electron chi connectivity index (χ1n) is 11.4. The van der Waals surface area contributed by atoms with Gasteiger partial charge in [0.05, 0.1) is 6.04 Å². The number of carboxylic acid groups (broad SMARTS) is 1. The summed E-state index contributed by atoms with van der Waals surface area (Å²) in [6.07, 6.45) is 3.27. The van der Waals surface area contributed by atoms with E-state index in [0.717, 1.165) is 6.42 Å². The van der Waals surface area contributed by atoms with Crippen LogP contribution >= 0.6 is 12.6 Å². The number of guanidine groups is 1. The molecule has 0 unspecified atom stereocenters. The Morgan fingerprint density at radius 3 is 2.35 bits per heavy atom. The Hall–Kier alpha value is -2.58. The van der Waals surface area contributed by atoms with Crippen molar-refractivity contribution >= 4 is 42.3 Å². The highest BCUT2D eigenvalue weighted by atomic mass is 32.1. The number of carboxylic acids is 1. The van der Waals surface area contributed by atoms with Crippen LogP contribution < -0.4 is 33.2 Å². The van der Waals surface area contributed by atoms with Crippen LogP contribution in [0.3, 0.4) is 0 Å².